The van der Waals surface area contributed by atoms with E-state index in [0.717, 1.165) is 24.8 Å². The van der Waals surface area contributed by atoms with Gasteiger partial charge < -0.3 is 16.0 Å². The average Bonchev–Trinajstić information content (AvgIpc) is 2.66. The summed E-state index contributed by atoms with van der Waals surface area (Å²) in [5.41, 5.74) is 8.81. The van der Waals surface area contributed by atoms with Crippen LogP contribution in [-0.2, 0) is 17.8 Å². The van der Waals surface area contributed by atoms with Crippen molar-refractivity contribution in [2.24, 2.45) is 5.73 Å². The molecule has 0 radical (unpaired) electrons. The predicted octanol–water partition coefficient (Wildman–Crippen LogP) is 3.15. The highest BCUT2D eigenvalue weighted by Gasteiger charge is 2.24. The minimum absolute atomic E-state index is 0.0132. The van der Waals surface area contributed by atoms with Gasteiger partial charge in [0.1, 0.15) is 0 Å². The van der Waals surface area contributed by atoms with Gasteiger partial charge in [-0.3, -0.25) is 4.79 Å². The lowest BCUT2D eigenvalue weighted by Crippen LogP contribution is -2.43. The standard InChI is InChI=1S/C21H25N3O2/c22-20(25)13-14-24(15-16-7-2-1-3-8-16)21(26)23-19-12-6-10-17-9-4-5-11-18(17)19/h1-5,7-9,11,19H,6,10,12-15H2,(H2,22,25)(H,23,26). The third kappa shape index (κ3) is 4.63. The molecule has 0 aliphatic heterocycles. The van der Waals surface area contributed by atoms with E-state index in [0.29, 0.717) is 13.1 Å². The van der Waals surface area contributed by atoms with Gasteiger partial charge in [-0.1, -0.05) is 54.6 Å². The van der Waals surface area contributed by atoms with Gasteiger partial charge in [0.15, 0.2) is 0 Å². The molecule has 5 nitrogen and oxygen atoms in total. The fourth-order valence-electron chi connectivity index (χ4n) is 3.45. The third-order valence-electron chi connectivity index (χ3n) is 4.80. The second-order valence-corrected chi connectivity index (χ2v) is 6.72. The number of aryl methyl sites for hydroxylation is 1. The molecular formula is C21H25N3O2. The fourth-order valence-corrected chi connectivity index (χ4v) is 3.45. The van der Waals surface area contributed by atoms with Crippen LogP contribution in [0.15, 0.2) is 54.6 Å². The molecular weight excluding hydrogens is 326 g/mol. The first-order valence-corrected chi connectivity index (χ1v) is 9.09. The minimum atomic E-state index is -0.404. The summed E-state index contributed by atoms with van der Waals surface area (Å²) >= 11 is 0. The Morgan fingerprint density at radius 2 is 1.81 bits per heavy atom. The number of fused-ring (bicyclic) bond motifs is 1. The van der Waals surface area contributed by atoms with Gasteiger partial charge in [-0.2, -0.15) is 0 Å². The Morgan fingerprint density at radius 3 is 2.58 bits per heavy atom. The number of carbonyl (C=O) groups excluding carboxylic acids is 2. The lowest BCUT2D eigenvalue weighted by atomic mass is 9.88. The molecule has 1 aliphatic rings. The zero-order chi connectivity index (χ0) is 18.4. The molecule has 0 heterocycles. The molecule has 2 aromatic carbocycles. The first-order chi connectivity index (χ1) is 12.6. The summed E-state index contributed by atoms with van der Waals surface area (Å²) in [6, 6.07) is 17.9. The summed E-state index contributed by atoms with van der Waals surface area (Å²) in [6.07, 6.45) is 3.19. The van der Waals surface area contributed by atoms with Crippen molar-refractivity contribution in [3.8, 4) is 0 Å². The van der Waals surface area contributed by atoms with E-state index < -0.39 is 5.91 Å². The number of hydrogen-bond acceptors (Lipinski definition) is 2. The van der Waals surface area contributed by atoms with Crippen molar-refractivity contribution < 1.29 is 9.59 Å². The average molecular weight is 351 g/mol. The van der Waals surface area contributed by atoms with Crippen LogP contribution >= 0.6 is 0 Å². The molecule has 3 N–H and O–H groups in total. The minimum Gasteiger partial charge on any atom is -0.370 e. The van der Waals surface area contributed by atoms with Gasteiger partial charge in [0.25, 0.3) is 0 Å². The van der Waals surface area contributed by atoms with Crippen LogP contribution in [0.5, 0.6) is 0 Å². The van der Waals surface area contributed by atoms with Crippen LogP contribution in [0.4, 0.5) is 4.79 Å². The number of nitrogens with two attached hydrogens (primary N) is 1. The smallest absolute Gasteiger partial charge is 0.318 e. The Labute approximate surface area is 154 Å². The predicted molar refractivity (Wildman–Crippen MR) is 101 cm³/mol. The molecule has 3 rings (SSSR count). The van der Waals surface area contributed by atoms with Crippen LogP contribution in [0.2, 0.25) is 0 Å². The Balaban J connectivity index is 1.72. The van der Waals surface area contributed by atoms with Crippen LogP contribution in [0.3, 0.4) is 0 Å². The van der Waals surface area contributed by atoms with Crippen LogP contribution in [0.25, 0.3) is 0 Å². The van der Waals surface area contributed by atoms with Crippen molar-refractivity contribution in [3.63, 3.8) is 0 Å². The van der Waals surface area contributed by atoms with E-state index >= 15 is 0 Å². The lowest BCUT2D eigenvalue weighted by Gasteiger charge is -2.30. The molecule has 0 aromatic heterocycles. The number of nitrogens with zero attached hydrogens (tertiary/aromatic N) is 1. The Kier molecular flexibility index (Phi) is 5.89. The molecule has 1 atom stereocenters. The number of carbonyl (C=O) groups is 2. The molecule has 0 saturated carbocycles. The van der Waals surface area contributed by atoms with Crippen LogP contribution in [0.1, 0.15) is 42.0 Å². The van der Waals surface area contributed by atoms with Gasteiger partial charge >= 0.3 is 6.03 Å². The zero-order valence-corrected chi connectivity index (χ0v) is 14.9. The topological polar surface area (TPSA) is 75.4 Å². The molecule has 1 aliphatic carbocycles. The summed E-state index contributed by atoms with van der Waals surface area (Å²) in [5, 5.41) is 3.15. The van der Waals surface area contributed by atoms with Crippen molar-refractivity contribution in [2.45, 2.75) is 38.3 Å². The molecule has 0 spiro atoms. The molecule has 26 heavy (non-hydrogen) atoms. The first-order valence-electron chi connectivity index (χ1n) is 9.09. The summed E-state index contributed by atoms with van der Waals surface area (Å²) < 4.78 is 0. The van der Waals surface area contributed by atoms with Crippen molar-refractivity contribution in [3.05, 3.63) is 71.3 Å². The second kappa shape index (κ2) is 8.52. The third-order valence-corrected chi connectivity index (χ3v) is 4.80. The zero-order valence-electron chi connectivity index (χ0n) is 14.9. The van der Waals surface area contributed by atoms with Gasteiger partial charge in [0, 0.05) is 19.5 Å². The number of urea groups is 1. The van der Waals surface area contributed by atoms with E-state index in [9.17, 15) is 9.59 Å². The number of primary amides is 1. The highest BCUT2D eigenvalue weighted by molar-refractivity contribution is 5.77. The van der Waals surface area contributed by atoms with Crippen molar-refractivity contribution in [1.29, 1.82) is 0 Å². The van der Waals surface area contributed by atoms with Gasteiger partial charge in [-0.05, 0) is 36.0 Å². The van der Waals surface area contributed by atoms with Crippen molar-refractivity contribution in [2.75, 3.05) is 6.54 Å². The summed E-state index contributed by atoms with van der Waals surface area (Å²) in [4.78, 5) is 25.8. The monoisotopic (exact) mass is 351 g/mol. The molecule has 136 valence electrons. The maximum absolute atomic E-state index is 12.9. The van der Waals surface area contributed by atoms with E-state index in [1.165, 1.54) is 11.1 Å². The number of hydrogen-bond donors (Lipinski definition) is 2. The highest BCUT2D eigenvalue weighted by atomic mass is 16.2. The molecule has 3 amide bonds. The Hall–Kier alpha value is -2.82. The van der Waals surface area contributed by atoms with Gasteiger partial charge in [0.2, 0.25) is 5.91 Å². The van der Waals surface area contributed by atoms with Crippen LogP contribution in [0, 0.1) is 0 Å². The molecule has 0 bridgehead atoms. The summed E-state index contributed by atoms with van der Waals surface area (Å²) in [6.45, 7) is 0.763. The largest absolute Gasteiger partial charge is 0.370 e. The number of nitrogens with one attached hydrogen (secondary N) is 1. The van der Waals surface area contributed by atoms with Crippen LogP contribution in [-0.4, -0.2) is 23.4 Å². The Bertz CT molecular complexity index is 761. The SMILES string of the molecule is NC(=O)CCN(Cc1ccccc1)C(=O)NC1CCCc2ccccc21. The molecule has 5 heteroatoms. The highest BCUT2D eigenvalue weighted by Crippen LogP contribution is 2.29. The molecule has 0 fully saturated rings. The van der Waals surface area contributed by atoms with Gasteiger partial charge in [-0.25, -0.2) is 4.79 Å². The fraction of sp³-hybridized carbons (Fsp3) is 0.333. The van der Waals surface area contributed by atoms with E-state index in [1.54, 1.807) is 4.90 Å². The van der Waals surface area contributed by atoms with Crippen LogP contribution < -0.4 is 11.1 Å². The summed E-state index contributed by atoms with van der Waals surface area (Å²) in [7, 11) is 0. The van der Waals surface area contributed by atoms with Gasteiger partial charge in [0.05, 0.1) is 6.04 Å². The van der Waals surface area contributed by atoms with E-state index in [1.807, 2.05) is 42.5 Å². The maximum atomic E-state index is 12.9. The van der Waals surface area contributed by atoms with Gasteiger partial charge in [-0.15, -0.1) is 0 Å². The Morgan fingerprint density at radius 1 is 1.08 bits per heavy atom. The number of benzene rings is 2. The number of amides is 3. The lowest BCUT2D eigenvalue weighted by molar-refractivity contribution is -0.118. The summed E-state index contributed by atoms with van der Waals surface area (Å²) in [5.74, 6) is -0.404. The molecule has 0 saturated heterocycles. The van der Waals surface area contributed by atoms with Crippen molar-refractivity contribution >= 4 is 11.9 Å². The molecule has 1 unspecified atom stereocenters. The van der Waals surface area contributed by atoms with E-state index in [-0.39, 0.29) is 18.5 Å². The maximum Gasteiger partial charge on any atom is 0.318 e. The van der Waals surface area contributed by atoms with E-state index in [4.69, 9.17) is 5.73 Å². The second-order valence-electron chi connectivity index (χ2n) is 6.72. The molecule has 2 aromatic rings. The quantitative estimate of drug-likeness (QED) is 0.839. The number of rotatable bonds is 6. The normalized spacial score (nSPS) is 15.8. The van der Waals surface area contributed by atoms with E-state index in [2.05, 4.69) is 17.4 Å². The first kappa shape index (κ1) is 18.0. The van der Waals surface area contributed by atoms with Crippen molar-refractivity contribution in [1.82, 2.24) is 10.2 Å².